The lowest BCUT2D eigenvalue weighted by Gasteiger charge is -2.33. The zero-order chi connectivity index (χ0) is 15.7. The number of aryl methyl sites for hydroxylation is 1. The fourth-order valence-corrected chi connectivity index (χ4v) is 3.76. The normalized spacial score (nSPS) is 17.1. The van der Waals surface area contributed by atoms with Crippen molar-refractivity contribution in [1.29, 1.82) is 0 Å². The third-order valence-electron chi connectivity index (χ3n) is 3.95. The molecule has 0 unspecified atom stereocenters. The number of anilines is 1. The standard InChI is InChI=1S/C15H20N4O2S/c1-11-3-4-14-13(9-11)15(17-10-16-14)19-7-5-12(6-8-19)18-22(2,20)21/h3-4,9-10,12,18H,5-8H2,1-2H3. The van der Waals surface area contributed by atoms with Crippen molar-refractivity contribution in [3.63, 3.8) is 0 Å². The van der Waals surface area contributed by atoms with Gasteiger partial charge in [-0.25, -0.2) is 23.1 Å². The van der Waals surface area contributed by atoms with Gasteiger partial charge < -0.3 is 4.90 Å². The molecule has 0 saturated carbocycles. The third-order valence-corrected chi connectivity index (χ3v) is 4.71. The lowest BCUT2D eigenvalue weighted by Crippen LogP contribution is -2.44. The quantitative estimate of drug-likeness (QED) is 0.926. The Balaban J connectivity index is 1.81. The highest BCUT2D eigenvalue weighted by molar-refractivity contribution is 7.88. The maximum absolute atomic E-state index is 11.3. The van der Waals surface area contributed by atoms with Gasteiger partial charge in [0.25, 0.3) is 0 Å². The summed E-state index contributed by atoms with van der Waals surface area (Å²) < 4.78 is 25.3. The summed E-state index contributed by atoms with van der Waals surface area (Å²) in [4.78, 5) is 11.0. The van der Waals surface area contributed by atoms with E-state index in [1.54, 1.807) is 6.33 Å². The molecule has 0 radical (unpaired) electrons. The predicted octanol–water partition coefficient (Wildman–Crippen LogP) is 1.46. The van der Waals surface area contributed by atoms with Crippen LogP contribution < -0.4 is 9.62 Å². The number of aromatic nitrogens is 2. The average Bonchev–Trinajstić information content (AvgIpc) is 2.46. The smallest absolute Gasteiger partial charge is 0.208 e. The van der Waals surface area contributed by atoms with E-state index in [0.717, 1.165) is 42.7 Å². The van der Waals surface area contributed by atoms with Gasteiger partial charge in [0.15, 0.2) is 0 Å². The first-order valence-corrected chi connectivity index (χ1v) is 9.25. The molecule has 0 atom stereocenters. The van der Waals surface area contributed by atoms with E-state index in [9.17, 15) is 8.42 Å². The Morgan fingerprint density at radius 2 is 1.95 bits per heavy atom. The second-order valence-corrected chi connectivity index (χ2v) is 7.65. The van der Waals surface area contributed by atoms with E-state index >= 15 is 0 Å². The number of piperidine rings is 1. The molecule has 3 rings (SSSR count). The first-order valence-electron chi connectivity index (χ1n) is 7.36. The molecular formula is C15H20N4O2S. The summed E-state index contributed by atoms with van der Waals surface area (Å²) in [5, 5.41) is 1.05. The Morgan fingerprint density at radius 3 is 2.64 bits per heavy atom. The molecule has 1 aliphatic rings. The van der Waals surface area contributed by atoms with Gasteiger partial charge in [0.2, 0.25) is 10.0 Å². The molecule has 22 heavy (non-hydrogen) atoms. The van der Waals surface area contributed by atoms with Crippen molar-refractivity contribution in [1.82, 2.24) is 14.7 Å². The van der Waals surface area contributed by atoms with Gasteiger partial charge in [-0.1, -0.05) is 11.6 Å². The van der Waals surface area contributed by atoms with Crippen LogP contribution in [0.3, 0.4) is 0 Å². The molecule has 0 aliphatic carbocycles. The molecule has 1 saturated heterocycles. The van der Waals surface area contributed by atoms with Crippen molar-refractivity contribution in [2.75, 3.05) is 24.2 Å². The minimum atomic E-state index is -3.14. The molecule has 1 aliphatic heterocycles. The summed E-state index contributed by atoms with van der Waals surface area (Å²) in [6, 6.07) is 6.17. The van der Waals surface area contributed by atoms with Gasteiger partial charge in [0, 0.05) is 24.5 Å². The van der Waals surface area contributed by atoms with Crippen LogP contribution in [0.15, 0.2) is 24.5 Å². The number of benzene rings is 1. The maximum Gasteiger partial charge on any atom is 0.208 e. The van der Waals surface area contributed by atoms with E-state index in [-0.39, 0.29) is 6.04 Å². The molecule has 7 heteroatoms. The summed E-state index contributed by atoms with van der Waals surface area (Å²) in [5.74, 6) is 0.937. The van der Waals surface area contributed by atoms with Crippen molar-refractivity contribution in [2.24, 2.45) is 0 Å². The first-order chi connectivity index (χ1) is 10.4. The second kappa shape index (κ2) is 5.81. The van der Waals surface area contributed by atoms with Crippen LogP contribution >= 0.6 is 0 Å². The Morgan fingerprint density at radius 1 is 1.23 bits per heavy atom. The molecule has 1 fully saturated rings. The summed E-state index contributed by atoms with van der Waals surface area (Å²) >= 11 is 0. The number of fused-ring (bicyclic) bond motifs is 1. The van der Waals surface area contributed by atoms with Crippen molar-refractivity contribution < 1.29 is 8.42 Å². The van der Waals surface area contributed by atoms with Gasteiger partial charge in [-0.3, -0.25) is 0 Å². The van der Waals surface area contributed by atoms with E-state index < -0.39 is 10.0 Å². The van der Waals surface area contributed by atoms with Gasteiger partial charge in [0.05, 0.1) is 11.8 Å². The lowest BCUT2D eigenvalue weighted by molar-refractivity contribution is 0.460. The fraction of sp³-hybridized carbons (Fsp3) is 0.467. The molecule has 118 valence electrons. The summed E-state index contributed by atoms with van der Waals surface area (Å²) in [6.45, 7) is 3.62. The van der Waals surface area contributed by atoms with Gasteiger partial charge in [-0.05, 0) is 31.9 Å². The summed E-state index contributed by atoms with van der Waals surface area (Å²) in [5.41, 5.74) is 2.11. The minimum absolute atomic E-state index is 0.0149. The average molecular weight is 320 g/mol. The van der Waals surface area contributed by atoms with Crippen molar-refractivity contribution in [3.05, 3.63) is 30.1 Å². The molecule has 1 N–H and O–H groups in total. The van der Waals surface area contributed by atoms with Gasteiger partial charge in [0.1, 0.15) is 12.1 Å². The topological polar surface area (TPSA) is 75.2 Å². The molecular weight excluding hydrogens is 300 g/mol. The van der Waals surface area contributed by atoms with Gasteiger partial charge >= 0.3 is 0 Å². The predicted molar refractivity (Wildman–Crippen MR) is 87.5 cm³/mol. The van der Waals surface area contributed by atoms with Crippen LogP contribution in [-0.4, -0.2) is 43.8 Å². The number of nitrogens with zero attached hydrogens (tertiary/aromatic N) is 3. The highest BCUT2D eigenvalue weighted by atomic mass is 32.2. The van der Waals surface area contributed by atoms with Crippen LogP contribution in [0.1, 0.15) is 18.4 Å². The van der Waals surface area contributed by atoms with Crippen LogP contribution in [0, 0.1) is 6.92 Å². The summed E-state index contributed by atoms with van der Waals surface area (Å²) in [7, 11) is -3.14. The Labute approximate surface area is 130 Å². The molecule has 6 nitrogen and oxygen atoms in total. The molecule has 0 amide bonds. The highest BCUT2D eigenvalue weighted by Crippen LogP contribution is 2.26. The first kappa shape index (κ1) is 15.2. The van der Waals surface area contributed by atoms with E-state index in [4.69, 9.17) is 0 Å². The van der Waals surface area contributed by atoms with Crippen molar-refractivity contribution >= 4 is 26.7 Å². The molecule has 0 spiro atoms. The highest BCUT2D eigenvalue weighted by Gasteiger charge is 2.23. The van der Waals surface area contributed by atoms with Crippen LogP contribution in [0.2, 0.25) is 0 Å². The number of nitrogens with one attached hydrogen (secondary N) is 1. The third kappa shape index (κ3) is 3.36. The number of sulfonamides is 1. The van der Waals surface area contributed by atoms with Crippen LogP contribution in [0.5, 0.6) is 0 Å². The Kier molecular flexibility index (Phi) is 4.01. The molecule has 1 aromatic carbocycles. The van der Waals surface area contributed by atoms with Crippen molar-refractivity contribution in [2.45, 2.75) is 25.8 Å². The van der Waals surface area contributed by atoms with Crippen LogP contribution in [0.4, 0.5) is 5.82 Å². The molecule has 2 aromatic rings. The van der Waals surface area contributed by atoms with Crippen molar-refractivity contribution in [3.8, 4) is 0 Å². The largest absolute Gasteiger partial charge is 0.356 e. The fourth-order valence-electron chi connectivity index (χ4n) is 2.92. The van der Waals surface area contributed by atoms with Crippen LogP contribution in [0.25, 0.3) is 10.9 Å². The molecule has 0 bridgehead atoms. The maximum atomic E-state index is 11.3. The molecule has 2 heterocycles. The second-order valence-electron chi connectivity index (χ2n) is 5.87. The number of hydrogen-bond donors (Lipinski definition) is 1. The zero-order valence-corrected chi connectivity index (χ0v) is 13.6. The van der Waals surface area contributed by atoms with Gasteiger partial charge in [-0.2, -0.15) is 0 Å². The monoisotopic (exact) mass is 320 g/mol. The number of hydrogen-bond acceptors (Lipinski definition) is 5. The Hall–Kier alpha value is -1.73. The van der Waals surface area contributed by atoms with Crippen LogP contribution in [-0.2, 0) is 10.0 Å². The zero-order valence-electron chi connectivity index (χ0n) is 12.8. The SMILES string of the molecule is Cc1ccc2ncnc(N3CCC(NS(C)(=O)=O)CC3)c2c1. The van der Waals surface area contributed by atoms with E-state index in [1.807, 2.05) is 12.1 Å². The lowest BCUT2D eigenvalue weighted by atomic mass is 10.1. The van der Waals surface area contributed by atoms with E-state index in [1.165, 1.54) is 11.8 Å². The van der Waals surface area contributed by atoms with Gasteiger partial charge in [-0.15, -0.1) is 0 Å². The summed E-state index contributed by atoms with van der Waals surface area (Å²) in [6.07, 6.45) is 4.36. The van der Waals surface area contributed by atoms with E-state index in [0.29, 0.717) is 0 Å². The molecule has 1 aromatic heterocycles. The minimum Gasteiger partial charge on any atom is -0.356 e. The number of rotatable bonds is 3. The Bertz CT molecular complexity index is 783. The van der Waals surface area contributed by atoms with E-state index in [2.05, 4.69) is 32.6 Å².